The third-order valence-corrected chi connectivity index (χ3v) is 6.26. The Kier molecular flexibility index (Phi) is 6.97. The molecule has 5 nitrogen and oxygen atoms in total. The molecule has 1 fully saturated rings. The number of hydrogen-bond acceptors (Lipinski definition) is 5. The van der Waals surface area contributed by atoms with E-state index in [0.717, 1.165) is 11.1 Å². The zero-order chi connectivity index (χ0) is 22.3. The van der Waals surface area contributed by atoms with Gasteiger partial charge in [0.2, 0.25) is 5.91 Å². The number of nitrogens with zero attached hydrogens (tertiary/aromatic N) is 3. The van der Waals surface area contributed by atoms with E-state index in [2.05, 4.69) is 10.2 Å². The number of amidine groups is 1. The van der Waals surface area contributed by atoms with Crippen molar-refractivity contribution in [2.24, 2.45) is 10.2 Å². The van der Waals surface area contributed by atoms with E-state index in [-0.39, 0.29) is 22.7 Å². The molecular formula is C25H22FN3O2S. The summed E-state index contributed by atoms with van der Waals surface area (Å²) in [6, 6.07) is 23.0. The van der Waals surface area contributed by atoms with E-state index in [1.165, 1.54) is 30.1 Å². The number of hydrogen-bond donors (Lipinski definition) is 1. The van der Waals surface area contributed by atoms with Gasteiger partial charge in [-0.3, -0.25) is 9.69 Å². The fourth-order valence-electron chi connectivity index (χ4n) is 3.38. The van der Waals surface area contributed by atoms with Gasteiger partial charge in [-0.2, -0.15) is 5.10 Å². The van der Waals surface area contributed by atoms with Crippen LogP contribution in [0.15, 0.2) is 89.1 Å². The number of rotatable bonds is 7. The Morgan fingerprint density at radius 1 is 0.969 bits per heavy atom. The first-order valence-electron chi connectivity index (χ1n) is 10.3. The second-order valence-electron chi connectivity index (χ2n) is 7.35. The lowest BCUT2D eigenvalue weighted by atomic mass is 10.1. The van der Waals surface area contributed by atoms with E-state index >= 15 is 0 Å². The largest absolute Gasteiger partial charge is 0.507 e. The number of para-hydroxylation sites is 1. The minimum atomic E-state index is -0.352. The number of carbonyl (C=O) groups excluding carboxylic acids is 1. The van der Waals surface area contributed by atoms with Crippen molar-refractivity contribution in [3.63, 3.8) is 0 Å². The van der Waals surface area contributed by atoms with Crippen LogP contribution in [0.1, 0.15) is 16.7 Å². The van der Waals surface area contributed by atoms with E-state index in [0.29, 0.717) is 30.1 Å². The molecule has 1 amide bonds. The monoisotopic (exact) mass is 447 g/mol. The number of carbonyl (C=O) groups is 1. The molecule has 1 atom stereocenters. The van der Waals surface area contributed by atoms with Gasteiger partial charge >= 0.3 is 0 Å². The van der Waals surface area contributed by atoms with Gasteiger partial charge in [-0.25, -0.2) is 4.39 Å². The third-order valence-electron chi connectivity index (χ3n) is 5.10. The molecule has 3 aromatic carbocycles. The Morgan fingerprint density at radius 2 is 1.69 bits per heavy atom. The summed E-state index contributed by atoms with van der Waals surface area (Å²) in [6.07, 6.45) is 2.64. The summed E-state index contributed by atoms with van der Waals surface area (Å²) in [4.78, 5) is 14.8. The molecule has 1 heterocycles. The molecule has 1 aliphatic rings. The van der Waals surface area contributed by atoms with Crippen LogP contribution in [0.25, 0.3) is 0 Å². The molecule has 0 spiro atoms. The van der Waals surface area contributed by atoms with Gasteiger partial charge in [-0.15, -0.1) is 5.10 Å². The summed E-state index contributed by atoms with van der Waals surface area (Å²) in [6.45, 7) is 0.487. The van der Waals surface area contributed by atoms with Crippen molar-refractivity contribution in [2.45, 2.75) is 18.1 Å². The predicted octanol–water partition coefficient (Wildman–Crippen LogP) is 4.65. The molecule has 1 N–H and O–H groups in total. The van der Waals surface area contributed by atoms with Crippen LogP contribution >= 0.6 is 11.8 Å². The average Bonchev–Trinajstić information content (AvgIpc) is 3.10. The van der Waals surface area contributed by atoms with Crippen molar-refractivity contribution in [3.05, 3.63) is 101 Å². The molecule has 4 rings (SSSR count). The molecule has 0 unspecified atom stereocenters. The molecule has 162 valence electrons. The molecule has 0 saturated carbocycles. The standard InChI is InChI=1S/C25H22FN3O2S/c26-21-12-10-19(11-13-21)16-23-24(31)29(15-14-18-6-2-1-3-7-18)25(32-23)28-27-17-20-8-4-5-9-22(20)30/h1-13,17,23,30H,14-16H2/b27-17-,28-25-/t23-/m1/s1. The maximum atomic E-state index is 13.2. The molecule has 1 aliphatic heterocycles. The van der Waals surface area contributed by atoms with Crippen LogP contribution in [-0.4, -0.2) is 39.1 Å². The Morgan fingerprint density at radius 3 is 2.44 bits per heavy atom. The van der Waals surface area contributed by atoms with Crippen LogP contribution in [0.3, 0.4) is 0 Å². The number of phenolic OH excluding ortho intramolecular Hbond substituents is 1. The van der Waals surface area contributed by atoms with Gasteiger partial charge in [0.1, 0.15) is 11.6 Å². The highest BCUT2D eigenvalue weighted by Gasteiger charge is 2.37. The lowest BCUT2D eigenvalue weighted by Crippen LogP contribution is -2.34. The predicted molar refractivity (Wildman–Crippen MR) is 126 cm³/mol. The minimum Gasteiger partial charge on any atom is -0.507 e. The topological polar surface area (TPSA) is 65.3 Å². The quantitative estimate of drug-likeness (QED) is 0.424. The fourth-order valence-corrected chi connectivity index (χ4v) is 4.54. The summed E-state index contributed by atoms with van der Waals surface area (Å²) < 4.78 is 13.2. The molecule has 3 aromatic rings. The number of amides is 1. The van der Waals surface area contributed by atoms with Gasteiger partial charge in [0.05, 0.1) is 11.5 Å². The van der Waals surface area contributed by atoms with Crippen LogP contribution in [0.4, 0.5) is 4.39 Å². The third kappa shape index (κ3) is 5.42. The zero-order valence-electron chi connectivity index (χ0n) is 17.3. The lowest BCUT2D eigenvalue weighted by Gasteiger charge is -2.15. The molecule has 0 aromatic heterocycles. The molecular weight excluding hydrogens is 425 g/mol. The summed E-state index contributed by atoms with van der Waals surface area (Å²) in [5.74, 6) is -0.224. The first kappa shape index (κ1) is 21.8. The second-order valence-corrected chi connectivity index (χ2v) is 8.52. The van der Waals surface area contributed by atoms with Crippen molar-refractivity contribution < 1.29 is 14.3 Å². The van der Waals surface area contributed by atoms with Crippen molar-refractivity contribution in [1.29, 1.82) is 0 Å². The zero-order valence-corrected chi connectivity index (χ0v) is 18.1. The van der Waals surface area contributed by atoms with Crippen LogP contribution < -0.4 is 0 Å². The smallest absolute Gasteiger partial charge is 0.242 e. The number of benzene rings is 3. The van der Waals surface area contributed by atoms with E-state index in [1.54, 1.807) is 41.3 Å². The molecule has 0 bridgehead atoms. The SMILES string of the molecule is O=C1[C@@H](Cc2ccc(F)cc2)S/C(=N\N=C/c2ccccc2O)N1CCc1ccccc1. The number of halogens is 1. The van der Waals surface area contributed by atoms with Gasteiger partial charge < -0.3 is 5.11 Å². The van der Waals surface area contributed by atoms with Gasteiger partial charge in [-0.05, 0) is 48.2 Å². The highest BCUT2D eigenvalue weighted by molar-refractivity contribution is 8.15. The van der Waals surface area contributed by atoms with E-state index in [4.69, 9.17) is 0 Å². The Balaban J connectivity index is 1.53. The van der Waals surface area contributed by atoms with Gasteiger partial charge in [0.25, 0.3) is 0 Å². The van der Waals surface area contributed by atoms with E-state index in [1.807, 2.05) is 30.3 Å². The molecule has 7 heteroatoms. The molecule has 0 aliphatic carbocycles. The highest BCUT2D eigenvalue weighted by Crippen LogP contribution is 2.30. The number of thioether (sulfide) groups is 1. The summed E-state index contributed by atoms with van der Waals surface area (Å²) in [5.41, 5.74) is 2.56. The van der Waals surface area contributed by atoms with Gasteiger partial charge in [0.15, 0.2) is 5.17 Å². The van der Waals surface area contributed by atoms with E-state index in [9.17, 15) is 14.3 Å². The molecule has 0 radical (unpaired) electrons. The minimum absolute atomic E-state index is 0.0354. The van der Waals surface area contributed by atoms with E-state index < -0.39 is 0 Å². The second kappa shape index (κ2) is 10.2. The van der Waals surface area contributed by atoms with Crippen LogP contribution in [0.2, 0.25) is 0 Å². The summed E-state index contributed by atoms with van der Waals surface area (Å²) in [7, 11) is 0. The maximum Gasteiger partial charge on any atom is 0.242 e. The molecule has 32 heavy (non-hydrogen) atoms. The van der Waals surface area contributed by atoms with Crippen molar-refractivity contribution in [1.82, 2.24) is 4.90 Å². The first-order valence-corrected chi connectivity index (χ1v) is 11.1. The van der Waals surface area contributed by atoms with Crippen LogP contribution in [0, 0.1) is 5.82 Å². The van der Waals surface area contributed by atoms with Gasteiger partial charge in [-0.1, -0.05) is 66.4 Å². The van der Waals surface area contributed by atoms with Crippen molar-refractivity contribution in [3.8, 4) is 5.75 Å². The van der Waals surface area contributed by atoms with Crippen molar-refractivity contribution >= 4 is 29.1 Å². The Bertz CT molecular complexity index is 1130. The van der Waals surface area contributed by atoms with Gasteiger partial charge in [0, 0.05) is 12.1 Å². The Labute approximate surface area is 190 Å². The number of aromatic hydroxyl groups is 1. The maximum absolute atomic E-state index is 13.2. The summed E-state index contributed by atoms with van der Waals surface area (Å²) in [5, 5.41) is 18.5. The number of phenols is 1. The van der Waals surface area contributed by atoms with Crippen LogP contribution in [-0.2, 0) is 17.6 Å². The highest BCUT2D eigenvalue weighted by atomic mass is 32.2. The summed E-state index contributed by atoms with van der Waals surface area (Å²) >= 11 is 1.36. The van der Waals surface area contributed by atoms with Crippen molar-refractivity contribution in [2.75, 3.05) is 6.54 Å². The fraction of sp³-hybridized carbons (Fsp3) is 0.160. The Hall–Kier alpha value is -3.45. The lowest BCUT2D eigenvalue weighted by molar-refractivity contribution is -0.126. The average molecular weight is 448 g/mol. The normalized spacial score (nSPS) is 17.5. The molecule has 1 saturated heterocycles. The van der Waals surface area contributed by atoms with Crippen LogP contribution in [0.5, 0.6) is 5.75 Å². The first-order chi connectivity index (χ1) is 15.6.